The van der Waals surface area contributed by atoms with E-state index in [2.05, 4.69) is 15.9 Å². The maximum Gasteiger partial charge on any atom is 0.121 e. The van der Waals surface area contributed by atoms with Crippen molar-refractivity contribution in [2.45, 2.75) is 31.2 Å². The van der Waals surface area contributed by atoms with Gasteiger partial charge in [-0.15, -0.1) is 0 Å². The van der Waals surface area contributed by atoms with Crippen molar-refractivity contribution in [3.63, 3.8) is 0 Å². The number of benzene rings is 1. The van der Waals surface area contributed by atoms with Gasteiger partial charge in [-0.3, -0.25) is 0 Å². The van der Waals surface area contributed by atoms with E-state index in [1.807, 2.05) is 12.1 Å². The van der Waals surface area contributed by atoms with Crippen LogP contribution in [0.4, 0.5) is 0 Å². The first-order chi connectivity index (χ1) is 6.62. The van der Waals surface area contributed by atoms with E-state index in [1.54, 1.807) is 6.07 Å². The predicted octanol–water partition coefficient (Wildman–Crippen LogP) is 2.88. The van der Waals surface area contributed by atoms with Gasteiger partial charge in [0.1, 0.15) is 5.75 Å². The van der Waals surface area contributed by atoms with E-state index in [4.69, 9.17) is 5.73 Å². The fraction of sp³-hybridized carbons (Fsp3) is 0.455. The van der Waals surface area contributed by atoms with Gasteiger partial charge in [0.05, 0.1) is 0 Å². The molecule has 0 atom stereocenters. The quantitative estimate of drug-likeness (QED) is 0.811. The third kappa shape index (κ3) is 1.66. The van der Waals surface area contributed by atoms with Gasteiger partial charge in [-0.1, -0.05) is 34.8 Å². The Bertz CT molecular complexity index is 345. The molecule has 0 bridgehead atoms. The molecule has 2 nitrogen and oxygen atoms in total. The molecule has 1 saturated carbocycles. The van der Waals surface area contributed by atoms with E-state index in [9.17, 15) is 5.11 Å². The van der Waals surface area contributed by atoms with Crippen LogP contribution in [0.1, 0.15) is 31.2 Å². The molecule has 3 N–H and O–H groups in total. The number of halogens is 1. The topological polar surface area (TPSA) is 46.2 Å². The molecule has 3 heteroatoms. The number of rotatable bonds is 1. The van der Waals surface area contributed by atoms with Crippen molar-refractivity contribution >= 4 is 15.9 Å². The van der Waals surface area contributed by atoms with Crippen molar-refractivity contribution < 1.29 is 5.11 Å². The zero-order chi connectivity index (χ0) is 10.2. The van der Waals surface area contributed by atoms with Gasteiger partial charge in [0.15, 0.2) is 0 Å². The molecule has 1 fully saturated rings. The third-order valence-corrected chi connectivity index (χ3v) is 3.49. The predicted molar refractivity (Wildman–Crippen MR) is 60.1 cm³/mol. The van der Waals surface area contributed by atoms with Crippen LogP contribution in [-0.4, -0.2) is 5.11 Å². The molecule has 0 amide bonds. The zero-order valence-corrected chi connectivity index (χ0v) is 9.55. The number of phenols is 1. The smallest absolute Gasteiger partial charge is 0.121 e. The lowest BCUT2D eigenvalue weighted by atomic mass is 9.89. The summed E-state index contributed by atoms with van der Waals surface area (Å²) in [5.74, 6) is 0.309. The summed E-state index contributed by atoms with van der Waals surface area (Å²) in [5, 5.41) is 9.81. The molecule has 0 spiro atoms. The molecule has 1 aromatic rings. The van der Waals surface area contributed by atoms with Crippen LogP contribution >= 0.6 is 15.9 Å². The van der Waals surface area contributed by atoms with Crippen LogP contribution in [0.25, 0.3) is 0 Å². The van der Waals surface area contributed by atoms with Crippen LogP contribution in [0.3, 0.4) is 0 Å². The van der Waals surface area contributed by atoms with Crippen LogP contribution in [0.5, 0.6) is 5.75 Å². The summed E-state index contributed by atoms with van der Waals surface area (Å²) in [6.07, 6.45) is 4.27. The Labute approximate surface area is 92.3 Å². The summed E-state index contributed by atoms with van der Waals surface area (Å²) in [5.41, 5.74) is 6.84. The minimum Gasteiger partial charge on any atom is -0.508 e. The highest BCUT2D eigenvalue weighted by Gasteiger charge is 2.33. The average Bonchev–Trinajstić information content (AvgIpc) is 2.52. The van der Waals surface area contributed by atoms with Gasteiger partial charge in [0.2, 0.25) is 0 Å². The Kier molecular flexibility index (Phi) is 2.54. The first kappa shape index (κ1) is 9.99. The fourth-order valence-electron chi connectivity index (χ4n) is 2.20. The summed E-state index contributed by atoms with van der Waals surface area (Å²) in [7, 11) is 0. The second-order valence-corrected chi connectivity index (χ2v) is 4.94. The van der Waals surface area contributed by atoms with Gasteiger partial charge in [-0.25, -0.2) is 0 Å². The Morgan fingerprint density at radius 3 is 2.50 bits per heavy atom. The zero-order valence-electron chi connectivity index (χ0n) is 7.96. The number of phenolic OH excluding ortho intramolecular Hbond substituents is 1. The maximum absolute atomic E-state index is 9.81. The van der Waals surface area contributed by atoms with Gasteiger partial charge in [0.25, 0.3) is 0 Å². The maximum atomic E-state index is 9.81. The third-order valence-electron chi connectivity index (χ3n) is 2.99. The fourth-order valence-corrected chi connectivity index (χ4v) is 2.55. The van der Waals surface area contributed by atoms with Gasteiger partial charge in [0, 0.05) is 15.6 Å². The Hall–Kier alpha value is -0.540. The van der Waals surface area contributed by atoms with Crippen LogP contribution in [-0.2, 0) is 5.54 Å². The molecular weight excluding hydrogens is 242 g/mol. The van der Waals surface area contributed by atoms with E-state index in [1.165, 1.54) is 0 Å². The van der Waals surface area contributed by atoms with E-state index >= 15 is 0 Å². The normalized spacial score (nSPS) is 19.9. The van der Waals surface area contributed by atoms with Crippen molar-refractivity contribution in [3.8, 4) is 5.75 Å². The van der Waals surface area contributed by atoms with Crippen LogP contribution in [0.15, 0.2) is 22.7 Å². The molecule has 0 unspecified atom stereocenters. The van der Waals surface area contributed by atoms with Crippen molar-refractivity contribution in [2.24, 2.45) is 5.73 Å². The Morgan fingerprint density at radius 2 is 1.93 bits per heavy atom. The van der Waals surface area contributed by atoms with Gasteiger partial charge >= 0.3 is 0 Å². The van der Waals surface area contributed by atoms with Crippen molar-refractivity contribution in [1.29, 1.82) is 0 Å². The van der Waals surface area contributed by atoms with Gasteiger partial charge in [-0.05, 0) is 25.0 Å². The molecule has 1 aromatic carbocycles. The highest BCUT2D eigenvalue weighted by atomic mass is 79.9. The lowest BCUT2D eigenvalue weighted by Crippen LogP contribution is -2.33. The molecule has 2 rings (SSSR count). The molecule has 1 aliphatic rings. The summed E-state index contributed by atoms with van der Waals surface area (Å²) in [6, 6.07) is 5.56. The minimum absolute atomic E-state index is 0.301. The highest BCUT2D eigenvalue weighted by molar-refractivity contribution is 9.10. The Balaban J connectivity index is 2.40. The number of hydrogen-bond acceptors (Lipinski definition) is 2. The molecule has 1 aliphatic carbocycles. The molecular formula is C11H14BrNO. The SMILES string of the molecule is NC1(c2ccc(Br)cc2O)CCCC1. The van der Waals surface area contributed by atoms with Crippen LogP contribution in [0, 0.1) is 0 Å². The molecule has 0 aromatic heterocycles. The molecule has 76 valence electrons. The van der Waals surface area contributed by atoms with E-state index in [0.29, 0.717) is 5.75 Å². The molecule has 0 aliphatic heterocycles. The summed E-state index contributed by atoms with van der Waals surface area (Å²) >= 11 is 3.32. The summed E-state index contributed by atoms with van der Waals surface area (Å²) in [4.78, 5) is 0. The number of aromatic hydroxyl groups is 1. The molecule has 14 heavy (non-hydrogen) atoms. The first-order valence-electron chi connectivity index (χ1n) is 4.90. The monoisotopic (exact) mass is 255 g/mol. The molecule has 0 heterocycles. The summed E-state index contributed by atoms with van der Waals surface area (Å²) in [6.45, 7) is 0. The van der Waals surface area contributed by atoms with E-state index < -0.39 is 0 Å². The second-order valence-electron chi connectivity index (χ2n) is 4.02. The largest absolute Gasteiger partial charge is 0.508 e. The second kappa shape index (κ2) is 3.55. The molecule has 0 saturated heterocycles. The van der Waals surface area contributed by atoms with Crippen molar-refractivity contribution in [3.05, 3.63) is 28.2 Å². The van der Waals surface area contributed by atoms with Gasteiger partial charge < -0.3 is 10.8 Å². The Morgan fingerprint density at radius 1 is 1.29 bits per heavy atom. The average molecular weight is 256 g/mol. The van der Waals surface area contributed by atoms with Crippen LogP contribution < -0.4 is 5.73 Å². The van der Waals surface area contributed by atoms with Crippen molar-refractivity contribution in [2.75, 3.05) is 0 Å². The lowest BCUT2D eigenvalue weighted by Gasteiger charge is -2.25. The first-order valence-corrected chi connectivity index (χ1v) is 5.69. The standard InChI is InChI=1S/C11H14BrNO/c12-8-3-4-9(10(14)7-8)11(13)5-1-2-6-11/h3-4,7,14H,1-2,5-6,13H2. The van der Waals surface area contributed by atoms with E-state index in [-0.39, 0.29) is 5.54 Å². The highest BCUT2D eigenvalue weighted by Crippen LogP contribution is 2.40. The lowest BCUT2D eigenvalue weighted by molar-refractivity contribution is 0.409. The van der Waals surface area contributed by atoms with Crippen molar-refractivity contribution in [1.82, 2.24) is 0 Å². The van der Waals surface area contributed by atoms with E-state index in [0.717, 1.165) is 35.7 Å². The number of nitrogens with two attached hydrogens (primary N) is 1. The molecule has 0 radical (unpaired) electrons. The van der Waals surface area contributed by atoms with Gasteiger partial charge in [-0.2, -0.15) is 0 Å². The van der Waals surface area contributed by atoms with Crippen LogP contribution in [0.2, 0.25) is 0 Å². The number of hydrogen-bond donors (Lipinski definition) is 2. The minimum atomic E-state index is -0.301. The summed E-state index contributed by atoms with van der Waals surface area (Å²) < 4.78 is 0.889.